The van der Waals surface area contributed by atoms with Crippen LogP contribution in [0.25, 0.3) is 0 Å². The van der Waals surface area contributed by atoms with Crippen LogP contribution in [-0.4, -0.2) is 11.1 Å². The van der Waals surface area contributed by atoms with E-state index in [1.165, 1.54) is 0 Å². The first-order chi connectivity index (χ1) is 9.00. The van der Waals surface area contributed by atoms with Crippen LogP contribution in [-0.2, 0) is 0 Å². The van der Waals surface area contributed by atoms with Gasteiger partial charge in [-0.1, -0.05) is 39.3 Å². The number of hydrogen-bond acceptors (Lipinski definition) is 3. The molecule has 0 radical (unpaired) electrons. The molecule has 4 nitrogen and oxygen atoms in total. The fourth-order valence-electron chi connectivity index (χ4n) is 1.98. The zero-order valence-corrected chi connectivity index (χ0v) is 12.6. The van der Waals surface area contributed by atoms with Gasteiger partial charge in [0.05, 0.1) is 11.7 Å². The highest BCUT2D eigenvalue weighted by Crippen LogP contribution is 2.23. The third-order valence-corrected chi connectivity index (χ3v) is 3.70. The molecule has 0 aliphatic heterocycles. The van der Waals surface area contributed by atoms with Crippen LogP contribution < -0.4 is 5.32 Å². The van der Waals surface area contributed by atoms with E-state index >= 15 is 0 Å². The molecular formula is C14H15BrN2O2. The maximum atomic E-state index is 12.2. The number of rotatable bonds is 3. The van der Waals surface area contributed by atoms with Crippen LogP contribution in [0.15, 0.2) is 33.3 Å². The maximum absolute atomic E-state index is 12.2. The summed E-state index contributed by atoms with van der Waals surface area (Å²) in [5.41, 5.74) is 2.15. The average molecular weight is 323 g/mol. The van der Waals surface area contributed by atoms with E-state index in [0.29, 0.717) is 17.0 Å². The van der Waals surface area contributed by atoms with Crippen molar-refractivity contribution in [2.24, 2.45) is 0 Å². The van der Waals surface area contributed by atoms with Gasteiger partial charge in [0.25, 0.3) is 5.91 Å². The van der Waals surface area contributed by atoms with Gasteiger partial charge in [-0.05, 0) is 32.4 Å². The van der Waals surface area contributed by atoms with Crippen molar-refractivity contribution in [3.05, 3.63) is 51.3 Å². The van der Waals surface area contributed by atoms with Gasteiger partial charge in [0.2, 0.25) is 0 Å². The van der Waals surface area contributed by atoms with E-state index in [1.54, 1.807) is 13.8 Å². The first-order valence-electron chi connectivity index (χ1n) is 5.99. The van der Waals surface area contributed by atoms with Crippen LogP contribution in [0.2, 0.25) is 0 Å². The van der Waals surface area contributed by atoms with Gasteiger partial charge in [0, 0.05) is 4.47 Å². The Hall–Kier alpha value is -1.62. The third kappa shape index (κ3) is 2.87. The lowest BCUT2D eigenvalue weighted by Gasteiger charge is -2.15. The summed E-state index contributed by atoms with van der Waals surface area (Å²) in [6, 6.07) is 7.71. The Kier molecular flexibility index (Phi) is 4.04. The first kappa shape index (κ1) is 13.8. The Morgan fingerprint density at radius 2 is 2.05 bits per heavy atom. The first-order valence-corrected chi connectivity index (χ1v) is 6.78. The molecule has 19 heavy (non-hydrogen) atoms. The number of benzene rings is 1. The summed E-state index contributed by atoms with van der Waals surface area (Å²) in [5, 5.41) is 6.74. The highest BCUT2D eigenvalue weighted by Gasteiger charge is 2.20. The number of aromatic nitrogens is 1. The summed E-state index contributed by atoms with van der Waals surface area (Å²) in [5.74, 6) is 0.369. The zero-order chi connectivity index (χ0) is 14.0. The van der Waals surface area contributed by atoms with Gasteiger partial charge in [-0.25, -0.2) is 0 Å². The van der Waals surface area contributed by atoms with E-state index in [2.05, 4.69) is 26.4 Å². The standard InChI is InChI=1S/C14H15BrN2O2/c1-8(11-6-4-5-7-12(11)15)16-14(18)13-9(2)17-19-10(13)3/h4-8H,1-3H3,(H,16,18). The number of hydrogen-bond donors (Lipinski definition) is 1. The second-order valence-corrected chi connectivity index (χ2v) is 5.27. The molecule has 0 fully saturated rings. The molecule has 0 spiro atoms. The third-order valence-electron chi connectivity index (χ3n) is 2.98. The largest absolute Gasteiger partial charge is 0.361 e. The Labute approximate surface area is 120 Å². The van der Waals surface area contributed by atoms with E-state index in [0.717, 1.165) is 10.0 Å². The summed E-state index contributed by atoms with van der Waals surface area (Å²) < 4.78 is 5.98. The Morgan fingerprint density at radius 1 is 1.37 bits per heavy atom. The van der Waals surface area contributed by atoms with Crippen LogP contribution in [0.3, 0.4) is 0 Å². The van der Waals surface area contributed by atoms with Crippen molar-refractivity contribution >= 4 is 21.8 Å². The van der Waals surface area contributed by atoms with Crippen LogP contribution in [0.5, 0.6) is 0 Å². The molecule has 1 heterocycles. The number of amides is 1. The molecule has 0 bridgehead atoms. The second kappa shape index (κ2) is 5.57. The zero-order valence-electron chi connectivity index (χ0n) is 11.0. The molecule has 1 aromatic heterocycles. The van der Waals surface area contributed by atoms with Crippen molar-refractivity contribution in [1.29, 1.82) is 0 Å². The summed E-state index contributed by atoms with van der Waals surface area (Å²) in [7, 11) is 0. The number of halogens is 1. The molecule has 1 aromatic carbocycles. The monoisotopic (exact) mass is 322 g/mol. The van der Waals surface area contributed by atoms with Gasteiger partial charge in [0.15, 0.2) is 0 Å². The average Bonchev–Trinajstić information content (AvgIpc) is 2.69. The molecule has 1 amide bonds. The fraction of sp³-hybridized carbons (Fsp3) is 0.286. The molecule has 1 N–H and O–H groups in total. The Bertz CT molecular complexity index is 588. The van der Waals surface area contributed by atoms with Crippen molar-refractivity contribution in [1.82, 2.24) is 10.5 Å². The molecule has 0 saturated heterocycles. The Morgan fingerprint density at radius 3 is 2.63 bits per heavy atom. The summed E-state index contributed by atoms with van der Waals surface area (Å²) >= 11 is 3.48. The number of nitrogens with one attached hydrogen (secondary N) is 1. The van der Waals surface area contributed by atoms with Crippen molar-refractivity contribution in [2.45, 2.75) is 26.8 Å². The predicted molar refractivity (Wildman–Crippen MR) is 76.0 cm³/mol. The van der Waals surface area contributed by atoms with E-state index in [9.17, 15) is 4.79 Å². The number of nitrogens with zero attached hydrogens (tertiary/aromatic N) is 1. The summed E-state index contributed by atoms with van der Waals surface area (Å²) in [6.45, 7) is 5.43. The van der Waals surface area contributed by atoms with Crippen molar-refractivity contribution < 1.29 is 9.32 Å². The smallest absolute Gasteiger partial charge is 0.257 e. The number of aryl methyl sites for hydroxylation is 2. The fourth-order valence-corrected chi connectivity index (χ4v) is 2.61. The lowest BCUT2D eigenvalue weighted by Crippen LogP contribution is -2.27. The van der Waals surface area contributed by atoms with E-state index in [1.807, 2.05) is 31.2 Å². The highest BCUT2D eigenvalue weighted by atomic mass is 79.9. The van der Waals surface area contributed by atoms with Crippen molar-refractivity contribution in [3.8, 4) is 0 Å². The maximum Gasteiger partial charge on any atom is 0.257 e. The molecule has 1 atom stereocenters. The normalized spacial score (nSPS) is 12.2. The molecule has 100 valence electrons. The molecule has 1 unspecified atom stereocenters. The van der Waals surface area contributed by atoms with E-state index in [4.69, 9.17) is 4.52 Å². The van der Waals surface area contributed by atoms with Gasteiger partial charge in [-0.15, -0.1) is 0 Å². The second-order valence-electron chi connectivity index (χ2n) is 4.42. The van der Waals surface area contributed by atoms with Crippen molar-refractivity contribution in [3.63, 3.8) is 0 Å². The molecular weight excluding hydrogens is 308 g/mol. The molecule has 0 aliphatic carbocycles. The van der Waals surface area contributed by atoms with Crippen molar-refractivity contribution in [2.75, 3.05) is 0 Å². The van der Waals surface area contributed by atoms with Crippen LogP contribution in [0.1, 0.15) is 40.3 Å². The quantitative estimate of drug-likeness (QED) is 0.940. The van der Waals surface area contributed by atoms with Gasteiger partial charge in [-0.3, -0.25) is 4.79 Å². The SMILES string of the molecule is Cc1noc(C)c1C(=O)NC(C)c1ccccc1Br. The summed E-state index contributed by atoms with van der Waals surface area (Å²) in [4.78, 5) is 12.2. The predicted octanol–water partition coefficient (Wildman–Crippen LogP) is 3.54. The molecule has 0 saturated carbocycles. The van der Waals surface area contributed by atoms with Gasteiger partial charge in [0.1, 0.15) is 11.3 Å². The minimum Gasteiger partial charge on any atom is -0.361 e. The number of carbonyl (C=O) groups is 1. The Balaban J connectivity index is 2.18. The van der Waals surface area contributed by atoms with Gasteiger partial charge in [-0.2, -0.15) is 0 Å². The van der Waals surface area contributed by atoms with Crippen LogP contribution in [0.4, 0.5) is 0 Å². The molecule has 0 aliphatic rings. The topological polar surface area (TPSA) is 55.1 Å². The number of carbonyl (C=O) groups excluding carboxylic acids is 1. The van der Waals surface area contributed by atoms with E-state index < -0.39 is 0 Å². The van der Waals surface area contributed by atoms with Gasteiger partial charge < -0.3 is 9.84 Å². The highest BCUT2D eigenvalue weighted by molar-refractivity contribution is 9.10. The summed E-state index contributed by atoms with van der Waals surface area (Å²) in [6.07, 6.45) is 0. The van der Waals surface area contributed by atoms with Crippen LogP contribution >= 0.6 is 15.9 Å². The van der Waals surface area contributed by atoms with Crippen LogP contribution in [0, 0.1) is 13.8 Å². The molecule has 5 heteroatoms. The lowest BCUT2D eigenvalue weighted by atomic mass is 10.1. The molecule has 2 aromatic rings. The van der Waals surface area contributed by atoms with Gasteiger partial charge >= 0.3 is 0 Å². The minimum absolute atomic E-state index is 0.100. The van der Waals surface area contributed by atoms with E-state index in [-0.39, 0.29) is 11.9 Å². The molecule has 2 rings (SSSR count). The lowest BCUT2D eigenvalue weighted by molar-refractivity contribution is 0.0937. The minimum atomic E-state index is -0.167.